The molecule has 0 radical (unpaired) electrons. The largest absolute Gasteiger partial charge is 0.480 e. The monoisotopic (exact) mass is 415 g/mol. The summed E-state index contributed by atoms with van der Waals surface area (Å²) in [6.45, 7) is 0.125. The Bertz CT molecular complexity index is 771. The summed E-state index contributed by atoms with van der Waals surface area (Å²) in [5.74, 6) is -2.22. The Kier molecular flexibility index (Phi) is 5.98. The number of H-pyrrole nitrogens is 1. The number of carbonyl (C=O) groups is 3. The number of hydrogen-bond acceptors (Lipinski definition) is 10. The fourth-order valence-electron chi connectivity index (χ4n) is 2.85. The van der Waals surface area contributed by atoms with Crippen molar-refractivity contribution >= 4 is 41.4 Å². The highest BCUT2D eigenvalue weighted by atomic mass is 32.2. The number of fused-ring (bicyclic) bond motifs is 1. The first-order valence-electron chi connectivity index (χ1n) is 7.89. The molecule has 2 unspecified atom stereocenters. The molecule has 6 N–H and O–H groups in total. The van der Waals surface area contributed by atoms with Crippen LogP contribution in [0.2, 0.25) is 0 Å². The molecule has 3 atom stereocenters. The van der Waals surface area contributed by atoms with Gasteiger partial charge in [-0.05, 0) is 23.8 Å². The zero-order valence-electron chi connectivity index (χ0n) is 13.9. The molecule has 1 saturated heterocycles. The SMILES string of the molecule is NC1C(=O)N2C(C(=O)O)=C(C(CCNCC(=O)O)Sc3nn[nH]n3)CS[C@@H]12. The van der Waals surface area contributed by atoms with Gasteiger partial charge in [0.2, 0.25) is 11.1 Å². The summed E-state index contributed by atoms with van der Waals surface area (Å²) in [6, 6.07) is -0.702. The van der Waals surface area contributed by atoms with Gasteiger partial charge < -0.3 is 21.3 Å². The van der Waals surface area contributed by atoms with Crippen LogP contribution in [0.5, 0.6) is 0 Å². The predicted octanol–water partition coefficient (Wildman–Crippen LogP) is -1.69. The standard InChI is InChI=1S/C13H17N7O5S2/c14-8-10(23)20-9(12(24)25)5(4-26-11(8)20)6(1-2-15-3-7(21)22)27-13-16-18-19-17-13/h6,8,11,15H,1-4,14H2,(H,21,22)(H,24,25)(H,16,17,18,19)/t6?,8?,11-/m0/s1. The summed E-state index contributed by atoms with van der Waals surface area (Å²) in [7, 11) is 0. The fourth-order valence-corrected chi connectivity index (χ4v) is 5.33. The first-order chi connectivity index (χ1) is 12.9. The maximum absolute atomic E-state index is 12.1. The number of nitrogens with zero attached hydrogens (tertiary/aromatic N) is 4. The van der Waals surface area contributed by atoms with Crippen LogP contribution in [0, 0.1) is 0 Å². The van der Waals surface area contributed by atoms with Crippen LogP contribution in [-0.2, 0) is 14.4 Å². The molecule has 0 aliphatic carbocycles. The third-order valence-electron chi connectivity index (χ3n) is 4.06. The van der Waals surface area contributed by atoms with Gasteiger partial charge in [0.25, 0.3) is 0 Å². The third kappa shape index (κ3) is 4.07. The molecule has 0 bridgehead atoms. The van der Waals surface area contributed by atoms with E-state index >= 15 is 0 Å². The van der Waals surface area contributed by atoms with E-state index in [1.165, 1.54) is 28.4 Å². The molecule has 2 aliphatic heterocycles. The number of nitrogens with one attached hydrogen (secondary N) is 2. The van der Waals surface area contributed by atoms with Crippen LogP contribution in [0.1, 0.15) is 6.42 Å². The van der Waals surface area contributed by atoms with Gasteiger partial charge in [-0.25, -0.2) is 4.79 Å². The number of aromatic nitrogens is 4. The summed E-state index contributed by atoms with van der Waals surface area (Å²) in [6.07, 6.45) is 0.415. The maximum atomic E-state index is 12.1. The van der Waals surface area contributed by atoms with E-state index in [9.17, 15) is 19.5 Å². The summed E-state index contributed by atoms with van der Waals surface area (Å²) in [5.41, 5.74) is 6.25. The Balaban J connectivity index is 1.85. The van der Waals surface area contributed by atoms with Gasteiger partial charge in [-0.1, -0.05) is 11.8 Å². The molecular formula is C13H17N7O5S2. The first-order valence-corrected chi connectivity index (χ1v) is 9.82. The molecule has 2 aliphatic rings. The minimum atomic E-state index is -1.20. The first kappa shape index (κ1) is 19.6. The number of aliphatic carboxylic acids is 2. The number of tetrazole rings is 1. The molecule has 146 valence electrons. The number of thioether (sulfide) groups is 2. The van der Waals surface area contributed by atoms with E-state index < -0.39 is 23.9 Å². The van der Waals surface area contributed by atoms with Crippen LogP contribution < -0.4 is 11.1 Å². The van der Waals surface area contributed by atoms with E-state index in [4.69, 9.17) is 10.8 Å². The van der Waals surface area contributed by atoms with Crippen molar-refractivity contribution in [2.75, 3.05) is 18.8 Å². The van der Waals surface area contributed by atoms with Gasteiger partial charge in [-0.2, -0.15) is 5.21 Å². The second-order valence-electron chi connectivity index (χ2n) is 5.77. The highest BCUT2D eigenvalue weighted by Crippen LogP contribution is 2.43. The van der Waals surface area contributed by atoms with E-state index in [-0.39, 0.29) is 22.9 Å². The minimum absolute atomic E-state index is 0.0651. The Morgan fingerprint density at radius 1 is 1.48 bits per heavy atom. The number of amides is 1. The van der Waals surface area contributed by atoms with Crippen LogP contribution in [-0.4, -0.2) is 89.1 Å². The van der Waals surface area contributed by atoms with Crippen molar-refractivity contribution in [3.05, 3.63) is 11.3 Å². The lowest BCUT2D eigenvalue weighted by molar-refractivity contribution is -0.148. The molecule has 0 saturated carbocycles. The van der Waals surface area contributed by atoms with Gasteiger partial charge in [0.15, 0.2) is 0 Å². The van der Waals surface area contributed by atoms with E-state index in [0.717, 1.165) is 0 Å². The van der Waals surface area contributed by atoms with Crippen LogP contribution in [0.25, 0.3) is 0 Å². The van der Waals surface area contributed by atoms with E-state index in [1.54, 1.807) is 0 Å². The van der Waals surface area contributed by atoms with Gasteiger partial charge in [0.1, 0.15) is 17.1 Å². The quantitative estimate of drug-likeness (QED) is 0.175. The molecule has 1 aromatic rings. The number of rotatable bonds is 9. The van der Waals surface area contributed by atoms with Gasteiger partial charge in [0.05, 0.1) is 6.54 Å². The average Bonchev–Trinajstić information content (AvgIpc) is 3.15. The highest BCUT2D eigenvalue weighted by molar-refractivity contribution is 8.01. The lowest BCUT2D eigenvalue weighted by atomic mass is 10.0. The second-order valence-corrected chi connectivity index (χ2v) is 8.05. The zero-order valence-corrected chi connectivity index (χ0v) is 15.5. The topological polar surface area (TPSA) is 187 Å². The van der Waals surface area contributed by atoms with Crippen LogP contribution in [0.4, 0.5) is 0 Å². The molecule has 14 heteroatoms. The number of aromatic amines is 1. The number of nitrogens with two attached hydrogens (primary N) is 1. The lowest BCUT2D eigenvalue weighted by Gasteiger charge is -2.48. The molecule has 1 amide bonds. The Morgan fingerprint density at radius 2 is 2.26 bits per heavy atom. The van der Waals surface area contributed by atoms with E-state index in [1.807, 2.05) is 0 Å². The zero-order chi connectivity index (χ0) is 19.6. The molecule has 0 aromatic carbocycles. The summed E-state index contributed by atoms with van der Waals surface area (Å²) >= 11 is 2.61. The Morgan fingerprint density at radius 3 is 2.89 bits per heavy atom. The van der Waals surface area contributed by atoms with Crippen molar-refractivity contribution in [1.82, 2.24) is 30.8 Å². The predicted molar refractivity (Wildman–Crippen MR) is 94.7 cm³/mol. The Hall–Kier alpha value is -2.16. The van der Waals surface area contributed by atoms with Crippen molar-refractivity contribution in [2.24, 2.45) is 5.73 Å². The molecule has 0 spiro atoms. The van der Waals surface area contributed by atoms with Crippen molar-refractivity contribution in [3.63, 3.8) is 0 Å². The Labute approximate surface area is 161 Å². The second kappa shape index (κ2) is 8.24. The van der Waals surface area contributed by atoms with E-state index in [0.29, 0.717) is 29.4 Å². The van der Waals surface area contributed by atoms with Crippen molar-refractivity contribution in [3.8, 4) is 0 Å². The number of carbonyl (C=O) groups excluding carboxylic acids is 1. The van der Waals surface area contributed by atoms with Gasteiger partial charge >= 0.3 is 11.9 Å². The number of hydrogen-bond donors (Lipinski definition) is 5. The summed E-state index contributed by atoms with van der Waals surface area (Å²) < 4.78 is 0. The van der Waals surface area contributed by atoms with Crippen LogP contribution in [0.3, 0.4) is 0 Å². The third-order valence-corrected chi connectivity index (χ3v) is 6.58. The lowest BCUT2D eigenvalue weighted by Crippen LogP contribution is -2.68. The number of carboxylic acid groups (broad SMARTS) is 2. The van der Waals surface area contributed by atoms with Gasteiger partial charge in [-0.3, -0.25) is 14.5 Å². The van der Waals surface area contributed by atoms with Gasteiger partial charge in [0, 0.05) is 11.0 Å². The minimum Gasteiger partial charge on any atom is -0.480 e. The number of carboxylic acids is 2. The highest BCUT2D eigenvalue weighted by Gasteiger charge is 2.52. The van der Waals surface area contributed by atoms with Crippen molar-refractivity contribution in [1.29, 1.82) is 0 Å². The molecule has 27 heavy (non-hydrogen) atoms. The summed E-state index contributed by atoms with van der Waals surface area (Å²) in [5, 5.41) is 34.3. The molecular weight excluding hydrogens is 398 g/mol. The summed E-state index contributed by atoms with van der Waals surface area (Å²) in [4.78, 5) is 35.9. The van der Waals surface area contributed by atoms with Crippen molar-refractivity contribution in [2.45, 2.75) is 28.2 Å². The molecule has 1 aromatic heterocycles. The molecule has 12 nitrogen and oxygen atoms in total. The van der Waals surface area contributed by atoms with Crippen LogP contribution >= 0.6 is 23.5 Å². The van der Waals surface area contributed by atoms with Crippen LogP contribution in [0.15, 0.2) is 16.4 Å². The van der Waals surface area contributed by atoms with Gasteiger partial charge in [-0.15, -0.1) is 22.0 Å². The number of β-lactam (4-membered cyclic amide) rings is 1. The van der Waals surface area contributed by atoms with Crippen molar-refractivity contribution < 1.29 is 24.6 Å². The smallest absolute Gasteiger partial charge is 0.352 e. The fraction of sp³-hybridized carbons (Fsp3) is 0.538. The molecule has 3 rings (SSSR count). The normalized spacial score (nSPS) is 23.0. The maximum Gasteiger partial charge on any atom is 0.352 e. The average molecular weight is 415 g/mol. The molecule has 3 heterocycles. The molecule has 1 fully saturated rings. The van der Waals surface area contributed by atoms with E-state index in [2.05, 4.69) is 25.9 Å².